The predicted molar refractivity (Wildman–Crippen MR) is 55.4 cm³/mol. The number of H-pyrrole nitrogens is 1. The molecule has 0 saturated carbocycles. The summed E-state index contributed by atoms with van der Waals surface area (Å²) >= 11 is 5.02. The van der Waals surface area contributed by atoms with Crippen molar-refractivity contribution in [1.29, 1.82) is 0 Å². The van der Waals surface area contributed by atoms with Crippen LogP contribution >= 0.6 is 12.2 Å². The summed E-state index contributed by atoms with van der Waals surface area (Å²) in [6.45, 7) is 0. The second-order valence-electron chi connectivity index (χ2n) is 3.04. The van der Waals surface area contributed by atoms with E-state index in [1.807, 2.05) is 29.9 Å². The second-order valence-corrected chi connectivity index (χ2v) is 3.43. The van der Waals surface area contributed by atoms with Gasteiger partial charge in [0.05, 0.1) is 0 Å². The zero-order chi connectivity index (χ0) is 9.97. The van der Waals surface area contributed by atoms with E-state index < -0.39 is 0 Å². The molecule has 0 saturated heterocycles. The molecule has 0 bridgehead atoms. The molecule has 0 atom stereocenters. The van der Waals surface area contributed by atoms with Crippen molar-refractivity contribution in [1.82, 2.24) is 19.7 Å². The number of nitrogens with zero attached hydrogens (tertiary/aromatic N) is 3. The lowest BCUT2D eigenvalue weighted by Gasteiger charge is -1.99. The Morgan fingerprint density at radius 3 is 3.00 bits per heavy atom. The van der Waals surface area contributed by atoms with Crippen LogP contribution in [0.15, 0.2) is 24.5 Å². The van der Waals surface area contributed by atoms with Gasteiger partial charge in [0.1, 0.15) is 5.82 Å². The zero-order valence-electron chi connectivity index (χ0n) is 7.77. The molecule has 5 heteroatoms. The molecule has 0 aliphatic carbocycles. The van der Waals surface area contributed by atoms with Crippen molar-refractivity contribution in [2.75, 3.05) is 0 Å². The highest BCUT2D eigenvalue weighted by Crippen LogP contribution is 2.04. The highest BCUT2D eigenvalue weighted by molar-refractivity contribution is 7.71. The van der Waals surface area contributed by atoms with Crippen molar-refractivity contribution in [3.05, 3.63) is 40.7 Å². The van der Waals surface area contributed by atoms with Crippen LogP contribution in [0.25, 0.3) is 0 Å². The predicted octanol–water partition coefficient (Wildman–Crippen LogP) is 1.46. The van der Waals surface area contributed by atoms with Crippen molar-refractivity contribution in [2.24, 2.45) is 7.05 Å². The average Bonchev–Trinajstić information content (AvgIpc) is 2.52. The van der Waals surface area contributed by atoms with Gasteiger partial charge in [0, 0.05) is 25.9 Å². The van der Waals surface area contributed by atoms with Crippen molar-refractivity contribution < 1.29 is 0 Å². The van der Waals surface area contributed by atoms with Gasteiger partial charge in [-0.25, -0.2) is 0 Å². The SMILES string of the molecule is Cn1c(Cc2cccnc2)n[nH]c1=S. The van der Waals surface area contributed by atoms with E-state index in [-0.39, 0.29) is 0 Å². The lowest BCUT2D eigenvalue weighted by atomic mass is 10.2. The fraction of sp³-hybridized carbons (Fsp3) is 0.222. The highest BCUT2D eigenvalue weighted by atomic mass is 32.1. The van der Waals surface area contributed by atoms with Crippen molar-refractivity contribution >= 4 is 12.2 Å². The van der Waals surface area contributed by atoms with Gasteiger partial charge in [-0.2, -0.15) is 5.10 Å². The standard InChI is InChI=1S/C9H10N4S/c1-13-8(11-12-9(13)14)5-7-3-2-4-10-6-7/h2-4,6H,5H2,1H3,(H,12,14). The van der Waals surface area contributed by atoms with Crippen LogP contribution in [0.5, 0.6) is 0 Å². The van der Waals surface area contributed by atoms with Gasteiger partial charge in [0.15, 0.2) is 4.77 Å². The van der Waals surface area contributed by atoms with Gasteiger partial charge in [-0.3, -0.25) is 10.1 Å². The van der Waals surface area contributed by atoms with Crippen LogP contribution < -0.4 is 0 Å². The fourth-order valence-corrected chi connectivity index (χ4v) is 1.37. The van der Waals surface area contributed by atoms with E-state index >= 15 is 0 Å². The summed E-state index contributed by atoms with van der Waals surface area (Å²) < 4.78 is 2.51. The Kier molecular flexibility index (Phi) is 2.41. The number of nitrogens with one attached hydrogen (secondary N) is 1. The minimum Gasteiger partial charge on any atom is -0.307 e. The van der Waals surface area contributed by atoms with Crippen molar-refractivity contribution in [3.63, 3.8) is 0 Å². The fourth-order valence-electron chi connectivity index (χ4n) is 1.22. The number of rotatable bonds is 2. The lowest BCUT2D eigenvalue weighted by Crippen LogP contribution is -1.99. The molecule has 0 fully saturated rings. The Morgan fingerprint density at radius 2 is 2.43 bits per heavy atom. The molecule has 0 aromatic carbocycles. The monoisotopic (exact) mass is 206 g/mol. The molecule has 2 aromatic heterocycles. The van der Waals surface area contributed by atoms with E-state index in [4.69, 9.17) is 12.2 Å². The van der Waals surface area contributed by atoms with E-state index in [1.165, 1.54) is 0 Å². The Bertz CT molecular complexity index is 471. The van der Waals surface area contributed by atoms with Crippen LogP contribution in [0.3, 0.4) is 0 Å². The minimum atomic E-state index is 0.642. The topological polar surface area (TPSA) is 46.5 Å². The first-order valence-electron chi connectivity index (χ1n) is 4.26. The summed E-state index contributed by atoms with van der Waals surface area (Å²) in [6, 6.07) is 3.93. The third-order valence-corrected chi connectivity index (χ3v) is 2.42. The number of aromatic nitrogens is 4. The molecule has 2 heterocycles. The van der Waals surface area contributed by atoms with E-state index in [0.717, 1.165) is 17.8 Å². The van der Waals surface area contributed by atoms with Crippen molar-refractivity contribution in [2.45, 2.75) is 6.42 Å². The highest BCUT2D eigenvalue weighted by Gasteiger charge is 2.02. The quantitative estimate of drug-likeness (QED) is 0.757. The molecule has 0 spiro atoms. The molecule has 14 heavy (non-hydrogen) atoms. The third-order valence-electron chi connectivity index (χ3n) is 2.06. The van der Waals surface area contributed by atoms with E-state index in [1.54, 1.807) is 6.20 Å². The number of hydrogen-bond acceptors (Lipinski definition) is 3. The number of aromatic amines is 1. The van der Waals surface area contributed by atoms with Crippen LogP contribution in [0.1, 0.15) is 11.4 Å². The van der Waals surface area contributed by atoms with Gasteiger partial charge in [-0.1, -0.05) is 6.07 Å². The zero-order valence-corrected chi connectivity index (χ0v) is 8.58. The summed E-state index contributed by atoms with van der Waals surface area (Å²) in [5.41, 5.74) is 1.13. The molecule has 0 amide bonds. The smallest absolute Gasteiger partial charge is 0.194 e. The van der Waals surface area contributed by atoms with E-state index in [0.29, 0.717) is 4.77 Å². The summed E-state index contributed by atoms with van der Waals surface area (Å²) in [5, 5.41) is 6.88. The molecule has 0 aliphatic rings. The first kappa shape index (κ1) is 9.08. The normalized spacial score (nSPS) is 10.4. The molecule has 2 aromatic rings. The summed E-state index contributed by atoms with van der Waals surface area (Å²) in [5.74, 6) is 0.919. The average molecular weight is 206 g/mol. The summed E-state index contributed by atoms with van der Waals surface area (Å²) in [4.78, 5) is 4.04. The first-order chi connectivity index (χ1) is 6.77. The lowest BCUT2D eigenvalue weighted by molar-refractivity contribution is 0.811. The molecule has 0 radical (unpaired) electrons. The minimum absolute atomic E-state index is 0.642. The number of pyridine rings is 1. The maximum absolute atomic E-state index is 5.02. The van der Waals surface area contributed by atoms with Crippen LogP contribution in [-0.4, -0.2) is 19.7 Å². The third kappa shape index (κ3) is 1.72. The summed E-state index contributed by atoms with van der Waals surface area (Å²) in [7, 11) is 1.90. The van der Waals surface area contributed by atoms with Crippen LogP contribution in [-0.2, 0) is 13.5 Å². The van der Waals surface area contributed by atoms with E-state index in [9.17, 15) is 0 Å². The molecule has 4 nitrogen and oxygen atoms in total. The largest absolute Gasteiger partial charge is 0.307 e. The molecular weight excluding hydrogens is 196 g/mol. The van der Waals surface area contributed by atoms with Gasteiger partial charge in [-0.15, -0.1) is 0 Å². The molecule has 1 N–H and O–H groups in total. The molecule has 0 aliphatic heterocycles. The molecule has 72 valence electrons. The number of hydrogen-bond donors (Lipinski definition) is 1. The van der Waals surface area contributed by atoms with Gasteiger partial charge in [0.25, 0.3) is 0 Å². The van der Waals surface area contributed by atoms with E-state index in [2.05, 4.69) is 15.2 Å². The summed E-state index contributed by atoms with van der Waals surface area (Å²) in [6.07, 6.45) is 4.34. The first-order valence-corrected chi connectivity index (χ1v) is 4.67. The van der Waals surface area contributed by atoms with Crippen LogP contribution in [0, 0.1) is 4.77 Å². The second kappa shape index (κ2) is 3.71. The van der Waals surface area contributed by atoms with Gasteiger partial charge >= 0.3 is 0 Å². The Hall–Kier alpha value is -1.49. The molecule has 2 rings (SSSR count). The van der Waals surface area contributed by atoms with Crippen LogP contribution in [0.4, 0.5) is 0 Å². The maximum atomic E-state index is 5.02. The van der Waals surface area contributed by atoms with Gasteiger partial charge in [0.2, 0.25) is 0 Å². The van der Waals surface area contributed by atoms with Gasteiger partial charge < -0.3 is 4.57 Å². The Balaban J connectivity index is 2.28. The van der Waals surface area contributed by atoms with Gasteiger partial charge in [-0.05, 0) is 23.8 Å². The Morgan fingerprint density at radius 1 is 1.57 bits per heavy atom. The molecule has 0 unspecified atom stereocenters. The molecular formula is C9H10N4S. The van der Waals surface area contributed by atoms with Crippen molar-refractivity contribution in [3.8, 4) is 0 Å². The maximum Gasteiger partial charge on any atom is 0.194 e. The Labute approximate surface area is 86.6 Å². The van der Waals surface area contributed by atoms with Crippen LogP contribution in [0.2, 0.25) is 0 Å².